The molecule has 1 aromatic heterocycles. The summed E-state index contributed by atoms with van der Waals surface area (Å²) in [5.41, 5.74) is 3.22. The van der Waals surface area contributed by atoms with E-state index in [1.54, 1.807) is 30.5 Å². The second-order valence-corrected chi connectivity index (χ2v) is 8.07. The van der Waals surface area contributed by atoms with Crippen molar-refractivity contribution in [1.82, 2.24) is 4.98 Å². The van der Waals surface area contributed by atoms with E-state index >= 15 is 0 Å². The van der Waals surface area contributed by atoms with Gasteiger partial charge in [-0.05, 0) is 43.3 Å². The van der Waals surface area contributed by atoms with E-state index in [1.807, 2.05) is 49.4 Å². The van der Waals surface area contributed by atoms with Crippen LogP contribution in [0.3, 0.4) is 0 Å². The molecule has 0 bridgehead atoms. The Morgan fingerprint density at radius 2 is 1.50 bits per heavy atom. The smallest absolute Gasteiger partial charge is 0.261 e. The predicted molar refractivity (Wildman–Crippen MR) is 109 cm³/mol. The lowest BCUT2D eigenvalue weighted by Gasteiger charge is -2.08. The van der Waals surface area contributed by atoms with Crippen molar-refractivity contribution in [2.45, 2.75) is 11.8 Å². The van der Waals surface area contributed by atoms with Crippen LogP contribution >= 0.6 is 0 Å². The molecule has 0 unspecified atom stereocenters. The number of aromatic nitrogens is 1. The number of hydrogen-bond acceptors (Lipinski definition) is 4. The molecule has 0 spiro atoms. The average molecular weight is 390 g/mol. The van der Waals surface area contributed by atoms with Crippen LogP contribution in [0.4, 0.5) is 5.69 Å². The maximum atomic E-state index is 12.6. The number of aryl methyl sites for hydroxylation is 1. The zero-order valence-corrected chi connectivity index (χ0v) is 16.0. The summed E-state index contributed by atoms with van der Waals surface area (Å²) in [5.74, 6) is 1.10. The van der Waals surface area contributed by atoms with Crippen LogP contribution in [0.2, 0.25) is 0 Å². The Morgan fingerprint density at radius 1 is 0.821 bits per heavy atom. The topological polar surface area (TPSA) is 72.2 Å². The molecule has 0 aliphatic heterocycles. The van der Waals surface area contributed by atoms with Crippen LogP contribution in [0.5, 0.6) is 0 Å². The molecule has 140 valence electrons. The van der Waals surface area contributed by atoms with Gasteiger partial charge in [0.05, 0.1) is 11.1 Å². The fourth-order valence-corrected chi connectivity index (χ4v) is 3.81. The van der Waals surface area contributed by atoms with Gasteiger partial charge in [-0.2, -0.15) is 0 Å². The van der Waals surface area contributed by atoms with Crippen molar-refractivity contribution in [2.24, 2.45) is 0 Å². The molecule has 1 N–H and O–H groups in total. The summed E-state index contributed by atoms with van der Waals surface area (Å²) in [6.07, 6.45) is 1.66. The third-order valence-electron chi connectivity index (χ3n) is 4.28. The molecular weight excluding hydrogens is 372 g/mol. The zero-order chi connectivity index (χ0) is 19.6. The van der Waals surface area contributed by atoms with Gasteiger partial charge in [0.15, 0.2) is 5.76 Å². The summed E-state index contributed by atoms with van der Waals surface area (Å²) in [6, 6.07) is 23.3. The van der Waals surface area contributed by atoms with Crippen LogP contribution in [-0.4, -0.2) is 13.4 Å². The highest BCUT2D eigenvalue weighted by Crippen LogP contribution is 2.27. The number of nitrogens with zero attached hydrogens (tertiary/aromatic N) is 1. The van der Waals surface area contributed by atoms with Crippen LogP contribution < -0.4 is 4.72 Å². The standard InChI is InChI=1S/C22H18N2O3S/c1-16-7-11-19(12-8-16)24-28(25,26)20-13-9-18(10-14-20)22-23-15-21(27-22)17-5-3-2-4-6-17/h2-15,24H,1H3. The summed E-state index contributed by atoms with van der Waals surface area (Å²) in [6.45, 7) is 1.95. The highest BCUT2D eigenvalue weighted by Gasteiger charge is 2.15. The van der Waals surface area contributed by atoms with Crippen molar-refractivity contribution >= 4 is 15.7 Å². The van der Waals surface area contributed by atoms with Crippen molar-refractivity contribution in [1.29, 1.82) is 0 Å². The lowest BCUT2D eigenvalue weighted by molar-refractivity contribution is 0.588. The van der Waals surface area contributed by atoms with Crippen molar-refractivity contribution in [2.75, 3.05) is 4.72 Å². The van der Waals surface area contributed by atoms with E-state index in [1.165, 1.54) is 12.1 Å². The summed E-state index contributed by atoms with van der Waals surface area (Å²) in [7, 11) is -3.66. The molecular formula is C22H18N2O3S. The Hall–Kier alpha value is -3.38. The van der Waals surface area contributed by atoms with E-state index in [2.05, 4.69) is 9.71 Å². The maximum absolute atomic E-state index is 12.6. The van der Waals surface area contributed by atoms with E-state index in [9.17, 15) is 8.42 Å². The van der Waals surface area contributed by atoms with E-state index in [-0.39, 0.29) is 4.90 Å². The van der Waals surface area contributed by atoms with Crippen LogP contribution in [0.15, 0.2) is 94.4 Å². The molecule has 0 fully saturated rings. The predicted octanol–water partition coefficient (Wildman–Crippen LogP) is 5.12. The molecule has 0 aliphatic carbocycles. The average Bonchev–Trinajstić information content (AvgIpc) is 3.21. The van der Waals surface area contributed by atoms with E-state index < -0.39 is 10.0 Å². The zero-order valence-electron chi connectivity index (χ0n) is 15.2. The van der Waals surface area contributed by atoms with Crippen molar-refractivity contribution in [3.05, 3.63) is 90.6 Å². The van der Waals surface area contributed by atoms with Crippen LogP contribution in [0.1, 0.15) is 5.56 Å². The minimum Gasteiger partial charge on any atom is -0.436 e. The molecule has 3 aromatic carbocycles. The summed E-state index contributed by atoms with van der Waals surface area (Å²) < 4.78 is 33.5. The minimum absolute atomic E-state index is 0.173. The SMILES string of the molecule is Cc1ccc(NS(=O)(=O)c2ccc(-c3ncc(-c4ccccc4)o3)cc2)cc1. The van der Waals surface area contributed by atoms with E-state index in [4.69, 9.17) is 4.42 Å². The molecule has 0 amide bonds. The number of oxazole rings is 1. The molecule has 5 nitrogen and oxygen atoms in total. The van der Waals surface area contributed by atoms with Crippen LogP contribution in [0.25, 0.3) is 22.8 Å². The summed E-state index contributed by atoms with van der Waals surface area (Å²) >= 11 is 0. The molecule has 4 rings (SSSR count). The monoisotopic (exact) mass is 390 g/mol. The van der Waals surface area contributed by atoms with E-state index in [0.29, 0.717) is 22.9 Å². The number of sulfonamides is 1. The van der Waals surface area contributed by atoms with Crippen molar-refractivity contribution in [3.8, 4) is 22.8 Å². The second kappa shape index (κ2) is 7.32. The number of nitrogens with one attached hydrogen (secondary N) is 1. The van der Waals surface area contributed by atoms with Crippen molar-refractivity contribution in [3.63, 3.8) is 0 Å². The van der Waals surface area contributed by atoms with E-state index in [0.717, 1.165) is 11.1 Å². The van der Waals surface area contributed by atoms with Crippen LogP contribution in [-0.2, 0) is 10.0 Å². The van der Waals surface area contributed by atoms with Gasteiger partial charge in [-0.3, -0.25) is 4.72 Å². The quantitative estimate of drug-likeness (QED) is 0.513. The highest BCUT2D eigenvalue weighted by molar-refractivity contribution is 7.92. The first-order chi connectivity index (χ1) is 13.5. The molecule has 0 atom stereocenters. The van der Waals surface area contributed by atoms with Gasteiger partial charge in [0.2, 0.25) is 5.89 Å². The number of anilines is 1. The molecule has 6 heteroatoms. The second-order valence-electron chi connectivity index (χ2n) is 6.39. The molecule has 0 saturated heterocycles. The largest absolute Gasteiger partial charge is 0.436 e. The Kier molecular flexibility index (Phi) is 4.71. The summed E-state index contributed by atoms with van der Waals surface area (Å²) in [5, 5.41) is 0. The van der Waals surface area contributed by atoms with Gasteiger partial charge in [0, 0.05) is 16.8 Å². The van der Waals surface area contributed by atoms with Gasteiger partial charge in [-0.1, -0.05) is 48.0 Å². The number of benzene rings is 3. The van der Waals surface area contributed by atoms with Gasteiger partial charge in [0.25, 0.3) is 10.0 Å². The third-order valence-corrected chi connectivity index (χ3v) is 5.68. The fraction of sp³-hybridized carbons (Fsp3) is 0.0455. The molecule has 4 aromatic rings. The van der Waals surface area contributed by atoms with Crippen LogP contribution in [0, 0.1) is 6.92 Å². The molecule has 1 heterocycles. The lowest BCUT2D eigenvalue weighted by atomic mass is 10.2. The Bertz CT molecular complexity index is 1180. The van der Waals surface area contributed by atoms with Gasteiger partial charge in [-0.25, -0.2) is 13.4 Å². The molecule has 0 radical (unpaired) electrons. The third kappa shape index (κ3) is 3.82. The maximum Gasteiger partial charge on any atom is 0.261 e. The molecule has 0 saturated carbocycles. The van der Waals surface area contributed by atoms with Gasteiger partial charge in [-0.15, -0.1) is 0 Å². The fourth-order valence-electron chi connectivity index (χ4n) is 2.76. The Morgan fingerprint density at radius 3 is 2.18 bits per heavy atom. The van der Waals surface area contributed by atoms with Gasteiger partial charge < -0.3 is 4.42 Å². The van der Waals surface area contributed by atoms with Crippen molar-refractivity contribution < 1.29 is 12.8 Å². The number of rotatable bonds is 5. The lowest BCUT2D eigenvalue weighted by Crippen LogP contribution is -2.12. The first kappa shape index (κ1) is 18.0. The Balaban J connectivity index is 1.55. The molecule has 0 aliphatic rings. The first-order valence-electron chi connectivity index (χ1n) is 8.72. The minimum atomic E-state index is -3.66. The Labute approximate surface area is 163 Å². The number of hydrogen-bond donors (Lipinski definition) is 1. The summed E-state index contributed by atoms with van der Waals surface area (Å²) in [4.78, 5) is 4.47. The highest BCUT2D eigenvalue weighted by atomic mass is 32.2. The first-order valence-corrected chi connectivity index (χ1v) is 10.2. The molecule has 28 heavy (non-hydrogen) atoms. The normalized spacial score (nSPS) is 11.3. The van der Waals surface area contributed by atoms with Gasteiger partial charge >= 0.3 is 0 Å². The van der Waals surface area contributed by atoms with Gasteiger partial charge in [0.1, 0.15) is 0 Å².